The third-order valence-electron chi connectivity index (χ3n) is 4.91. The predicted molar refractivity (Wildman–Crippen MR) is 100 cm³/mol. The molecule has 3 aromatic heterocycles. The van der Waals surface area contributed by atoms with Crippen LogP contribution in [0.4, 0.5) is 0 Å². The Bertz CT molecular complexity index is 967. The summed E-state index contributed by atoms with van der Waals surface area (Å²) in [6.07, 6.45) is 2.32. The first kappa shape index (κ1) is 16.3. The van der Waals surface area contributed by atoms with Crippen molar-refractivity contribution in [3.63, 3.8) is 0 Å². The van der Waals surface area contributed by atoms with Gasteiger partial charge in [-0.1, -0.05) is 0 Å². The Morgan fingerprint density at radius 1 is 1.40 bits per heavy atom. The maximum absolute atomic E-state index is 13.2. The Morgan fingerprint density at radius 3 is 2.80 bits per heavy atom. The van der Waals surface area contributed by atoms with E-state index in [0.29, 0.717) is 12.5 Å². The highest BCUT2D eigenvalue weighted by Crippen LogP contribution is 2.40. The number of carbonyl (C=O) groups excluding carboxylic acids is 1. The summed E-state index contributed by atoms with van der Waals surface area (Å²) in [4.78, 5) is 21.0. The van der Waals surface area contributed by atoms with Gasteiger partial charge >= 0.3 is 0 Å². The molecule has 0 spiro atoms. The van der Waals surface area contributed by atoms with E-state index in [9.17, 15) is 4.79 Å². The molecule has 4 rings (SSSR count). The minimum Gasteiger partial charge on any atom is -0.337 e. The first-order chi connectivity index (χ1) is 12.0. The van der Waals surface area contributed by atoms with Crippen molar-refractivity contribution in [2.45, 2.75) is 39.2 Å². The number of fused-ring (bicyclic) bond motifs is 1. The highest BCUT2D eigenvalue weighted by molar-refractivity contribution is 7.10. The van der Waals surface area contributed by atoms with E-state index in [-0.39, 0.29) is 5.91 Å². The van der Waals surface area contributed by atoms with Crippen molar-refractivity contribution in [3.8, 4) is 0 Å². The molecule has 0 saturated heterocycles. The number of aromatic nitrogens is 3. The highest BCUT2D eigenvalue weighted by Gasteiger charge is 2.29. The number of carbonyl (C=O) groups is 1. The largest absolute Gasteiger partial charge is 0.337 e. The van der Waals surface area contributed by atoms with Crippen molar-refractivity contribution in [1.29, 1.82) is 0 Å². The van der Waals surface area contributed by atoms with E-state index >= 15 is 0 Å². The second kappa shape index (κ2) is 5.95. The van der Waals surface area contributed by atoms with Crippen LogP contribution in [0, 0.1) is 13.8 Å². The Kier molecular flexibility index (Phi) is 3.87. The summed E-state index contributed by atoms with van der Waals surface area (Å²) in [7, 11) is 3.77. The smallest absolute Gasteiger partial charge is 0.254 e. The molecule has 1 saturated carbocycles. The van der Waals surface area contributed by atoms with Crippen molar-refractivity contribution in [1.82, 2.24) is 19.7 Å². The third-order valence-corrected chi connectivity index (χ3v) is 5.92. The molecule has 0 N–H and O–H groups in total. The minimum atomic E-state index is 0.0400. The molecule has 0 unspecified atom stereocenters. The fourth-order valence-corrected chi connectivity index (χ4v) is 4.24. The normalized spacial score (nSPS) is 14.2. The number of hydrogen-bond acceptors (Lipinski definition) is 4. The molecule has 0 atom stereocenters. The zero-order valence-corrected chi connectivity index (χ0v) is 15.9. The van der Waals surface area contributed by atoms with Gasteiger partial charge < -0.3 is 4.90 Å². The monoisotopic (exact) mass is 354 g/mol. The topological polar surface area (TPSA) is 51.0 Å². The van der Waals surface area contributed by atoms with Crippen LogP contribution in [0.15, 0.2) is 17.5 Å². The number of rotatable bonds is 4. The van der Waals surface area contributed by atoms with Gasteiger partial charge in [0.25, 0.3) is 5.91 Å². The van der Waals surface area contributed by atoms with E-state index in [0.717, 1.165) is 40.8 Å². The molecule has 1 amide bonds. The third kappa shape index (κ3) is 2.84. The van der Waals surface area contributed by atoms with E-state index in [4.69, 9.17) is 4.98 Å². The summed E-state index contributed by atoms with van der Waals surface area (Å²) >= 11 is 1.70. The number of hydrogen-bond donors (Lipinski definition) is 0. The second-order valence-electron chi connectivity index (χ2n) is 6.96. The molecule has 0 bridgehead atoms. The van der Waals surface area contributed by atoms with Crippen LogP contribution in [0.25, 0.3) is 11.0 Å². The van der Waals surface area contributed by atoms with E-state index in [1.807, 2.05) is 27.1 Å². The van der Waals surface area contributed by atoms with Gasteiger partial charge in [-0.05, 0) is 49.8 Å². The zero-order valence-electron chi connectivity index (χ0n) is 15.0. The summed E-state index contributed by atoms with van der Waals surface area (Å²) in [5.74, 6) is 0.536. The molecule has 0 aliphatic heterocycles. The number of thiophene rings is 1. The number of aryl methyl sites for hydroxylation is 3. The Morgan fingerprint density at radius 2 is 2.16 bits per heavy atom. The summed E-state index contributed by atoms with van der Waals surface area (Å²) in [5.41, 5.74) is 4.66. The van der Waals surface area contributed by atoms with Gasteiger partial charge in [-0.2, -0.15) is 5.10 Å². The van der Waals surface area contributed by atoms with Gasteiger partial charge in [0.1, 0.15) is 0 Å². The second-order valence-corrected chi connectivity index (χ2v) is 7.97. The fourth-order valence-electron chi connectivity index (χ4n) is 3.28. The fraction of sp³-hybridized carbons (Fsp3) is 0.421. The first-order valence-electron chi connectivity index (χ1n) is 8.58. The molecular weight excluding hydrogens is 332 g/mol. The average Bonchev–Trinajstić information content (AvgIpc) is 3.31. The summed E-state index contributed by atoms with van der Waals surface area (Å²) in [6, 6.07) is 4.09. The van der Waals surface area contributed by atoms with Gasteiger partial charge in [0.05, 0.1) is 23.2 Å². The maximum Gasteiger partial charge on any atom is 0.254 e. The van der Waals surface area contributed by atoms with Crippen LogP contribution < -0.4 is 0 Å². The van der Waals surface area contributed by atoms with Crippen molar-refractivity contribution in [2.75, 3.05) is 7.05 Å². The molecular formula is C19H22N4OS. The number of nitrogens with zero attached hydrogens (tertiary/aromatic N) is 4. The quantitative estimate of drug-likeness (QED) is 0.716. The van der Waals surface area contributed by atoms with Crippen molar-refractivity contribution >= 4 is 28.3 Å². The van der Waals surface area contributed by atoms with Crippen LogP contribution >= 0.6 is 11.3 Å². The molecule has 0 radical (unpaired) electrons. The highest BCUT2D eigenvalue weighted by atomic mass is 32.1. The van der Waals surface area contributed by atoms with Gasteiger partial charge in [0.2, 0.25) is 0 Å². The molecule has 1 aliphatic rings. The average molecular weight is 354 g/mol. The lowest BCUT2D eigenvalue weighted by Gasteiger charge is -2.18. The van der Waals surface area contributed by atoms with Gasteiger partial charge in [-0.3, -0.25) is 9.48 Å². The van der Waals surface area contributed by atoms with Crippen LogP contribution in [0.2, 0.25) is 0 Å². The number of pyridine rings is 1. The van der Waals surface area contributed by atoms with Crippen LogP contribution in [0.1, 0.15) is 50.9 Å². The molecule has 1 aliphatic carbocycles. The molecule has 6 heteroatoms. The van der Waals surface area contributed by atoms with Crippen molar-refractivity contribution in [2.24, 2.45) is 7.05 Å². The van der Waals surface area contributed by atoms with Crippen LogP contribution in [0.3, 0.4) is 0 Å². The number of amides is 1. The van der Waals surface area contributed by atoms with Crippen LogP contribution in [-0.4, -0.2) is 32.6 Å². The van der Waals surface area contributed by atoms with E-state index < -0.39 is 0 Å². The molecule has 3 heterocycles. The molecule has 5 nitrogen and oxygen atoms in total. The molecule has 0 aromatic carbocycles. The van der Waals surface area contributed by atoms with E-state index in [2.05, 4.69) is 23.5 Å². The molecule has 3 aromatic rings. The molecule has 130 valence electrons. The lowest BCUT2D eigenvalue weighted by Crippen LogP contribution is -2.26. The van der Waals surface area contributed by atoms with Gasteiger partial charge in [-0.25, -0.2) is 4.98 Å². The maximum atomic E-state index is 13.2. The molecule has 1 fully saturated rings. The zero-order chi connectivity index (χ0) is 17.7. The standard InChI is InChI=1S/C19H22N4OS/c1-11-7-8-25-16(11)10-22(3)19(24)14-9-15(13-5-6-13)20-18-17(14)12(2)21-23(18)4/h7-9,13H,5-6,10H2,1-4H3. The van der Waals surface area contributed by atoms with Crippen LogP contribution in [-0.2, 0) is 13.6 Å². The molecule has 25 heavy (non-hydrogen) atoms. The summed E-state index contributed by atoms with van der Waals surface area (Å²) in [6.45, 7) is 4.66. The first-order valence-corrected chi connectivity index (χ1v) is 9.46. The van der Waals surface area contributed by atoms with Gasteiger partial charge in [0.15, 0.2) is 5.65 Å². The van der Waals surface area contributed by atoms with E-state index in [1.54, 1.807) is 20.9 Å². The van der Waals surface area contributed by atoms with E-state index in [1.165, 1.54) is 10.4 Å². The minimum absolute atomic E-state index is 0.0400. The SMILES string of the molecule is Cc1ccsc1CN(C)C(=O)c1cc(C2CC2)nc2c1c(C)nn2C. The summed E-state index contributed by atoms with van der Waals surface area (Å²) < 4.78 is 1.79. The van der Waals surface area contributed by atoms with Gasteiger partial charge in [-0.15, -0.1) is 11.3 Å². The lowest BCUT2D eigenvalue weighted by atomic mass is 10.1. The predicted octanol–water partition coefficient (Wildman–Crippen LogP) is 3.80. The Labute approximate surface area is 151 Å². The van der Waals surface area contributed by atoms with Crippen molar-refractivity contribution in [3.05, 3.63) is 44.9 Å². The van der Waals surface area contributed by atoms with Crippen LogP contribution in [0.5, 0.6) is 0 Å². The Hall–Kier alpha value is -2.21. The lowest BCUT2D eigenvalue weighted by molar-refractivity contribution is 0.0788. The van der Waals surface area contributed by atoms with Crippen molar-refractivity contribution < 1.29 is 4.79 Å². The van der Waals surface area contributed by atoms with Gasteiger partial charge in [0, 0.05) is 30.6 Å². The Balaban J connectivity index is 1.76. The summed E-state index contributed by atoms with van der Waals surface area (Å²) in [5, 5.41) is 7.44.